The van der Waals surface area contributed by atoms with Crippen molar-refractivity contribution < 1.29 is 14.7 Å². The fourth-order valence-corrected chi connectivity index (χ4v) is 2.11. The molecule has 1 fully saturated rings. The third-order valence-electron chi connectivity index (χ3n) is 3.00. The smallest absolute Gasteiger partial charge is 0.326 e. The maximum absolute atomic E-state index is 11.9. The van der Waals surface area contributed by atoms with Crippen molar-refractivity contribution in [3.05, 3.63) is 18.0 Å². The number of hydrogen-bond acceptors (Lipinski definition) is 3. The van der Waals surface area contributed by atoms with Gasteiger partial charge >= 0.3 is 12.0 Å². The topological polar surface area (TPSA) is 87.5 Å². The van der Waals surface area contributed by atoms with Crippen LogP contribution in [0.3, 0.4) is 0 Å². The summed E-state index contributed by atoms with van der Waals surface area (Å²) in [4.78, 5) is 24.2. The molecule has 7 heteroatoms. The van der Waals surface area contributed by atoms with E-state index in [2.05, 4.69) is 10.4 Å². The molecule has 2 N–H and O–H groups in total. The predicted molar refractivity (Wildman–Crippen MR) is 62.8 cm³/mol. The van der Waals surface area contributed by atoms with Gasteiger partial charge in [0.05, 0.1) is 6.20 Å². The number of amides is 2. The third kappa shape index (κ3) is 2.61. The summed E-state index contributed by atoms with van der Waals surface area (Å²) in [5.74, 6) is -0.941. The summed E-state index contributed by atoms with van der Waals surface area (Å²) in [6.45, 7) is 0.853. The van der Waals surface area contributed by atoms with E-state index in [1.54, 1.807) is 24.1 Å². The normalized spacial score (nSPS) is 18.9. The van der Waals surface area contributed by atoms with E-state index in [1.807, 2.05) is 0 Å². The molecule has 2 heterocycles. The van der Waals surface area contributed by atoms with Gasteiger partial charge in [-0.2, -0.15) is 5.10 Å². The van der Waals surface area contributed by atoms with Crippen molar-refractivity contribution in [2.24, 2.45) is 7.05 Å². The Balaban J connectivity index is 1.89. The number of nitrogens with one attached hydrogen (secondary N) is 1. The molecule has 0 bridgehead atoms. The first kappa shape index (κ1) is 12.4. The Labute approximate surface area is 104 Å². The van der Waals surface area contributed by atoms with E-state index in [0.29, 0.717) is 19.5 Å². The molecule has 0 spiro atoms. The molecule has 1 aromatic rings. The summed E-state index contributed by atoms with van der Waals surface area (Å²) in [5, 5.41) is 15.7. The van der Waals surface area contributed by atoms with Crippen LogP contribution in [0, 0.1) is 0 Å². The zero-order valence-corrected chi connectivity index (χ0v) is 10.2. The highest BCUT2D eigenvalue weighted by Gasteiger charge is 2.33. The Morgan fingerprint density at radius 2 is 2.39 bits per heavy atom. The second kappa shape index (κ2) is 5.07. The predicted octanol–water partition coefficient (Wildman–Crippen LogP) is 0.179. The maximum atomic E-state index is 11.9. The Kier molecular flexibility index (Phi) is 3.50. The molecule has 0 radical (unpaired) electrons. The molecule has 98 valence electrons. The molecule has 0 unspecified atom stereocenters. The van der Waals surface area contributed by atoms with Gasteiger partial charge in [-0.1, -0.05) is 0 Å². The Morgan fingerprint density at radius 3 is 3.00 bits per heavy atom. The molecule has 0 saturated carbocycles. The first-order valence-electron chi connectivity index (χ1n) is 5.82. The van der Waals surface area contributed by atoms with Crippen LogP contribution in [0.1, 0.15) is 18.4 Å². The fraction of sp³-hybridized carbons (Fsp3) is 0.545. The number of aryl methyl sites for hydroxylation is 1. The van der Waals surface area contributed by atoms with E-state index in [9.17, 15) is 9.59 Å². The molecule has 1 saturated heterocycles. The Bertz CT molecular complexity index is 457. The van der Waals surface area contributed by atoms with Gasteiger partial charge in [-0.3, -0.25) is 4.68 Å². The number of carbonyl (C=O) groups is 2. The Morgan fingerprint density at radius 1 is 1.61 bits per heavy atom. The van der Waals surface area contributed by atoms with Gasteiger partial charge in [-0.15, -0.1) is 0 Å². The van der Waals surface area contributed by atoms with Crippen molar-refractivity contribution in [1.29, 1.82) is 0 Å². The molecule has 0 aromatic carbocycles. The van der Waals surface area contributed by atoms with Crippen LogP contribution in [0.15, 0.2) is 12.4 Å². The van der Waals surface area contributed by atoms with Gasteiger partial charge in [0.1, 0.15) is 6.04 Å². The van der Waals surface area contributed by atoms with Crippen LogP contribution in [0.25, 0.3) is 0 Å². The van der Waals surface area contributed by atoms with Gasteiger partial charge < -0.3 is 15.3 Å². The van der Waals surface area contributed by atoms with Gasteiger partial charge in [0.15, 0.2) is 0 Å². The summed E-state index contributed by atoms with van der Waals surface area (Å²) in [6.07, 6.45) is 4.73. The van der Waals surface area contributed by atoms with Crippen molar-refractivity contribution in [1.82, 2.24) is 20.0 Å². The molecule has 0 aliphatic carbocycles. The summed E-state index contributed by atoms with van der Waals surface area (Å²) < 4.78 is 1.65. The molecule has 7 nitrogen and oxygen atoms in total. The first-order chi connectivity index (χ1) is 8.58. The summed E-state index contributed by atoms with van der Waals surface area (Å²) in [6, 6.07) is -1.03. The third-order valence-corrected chi connectivity index (χ3v) is 3.00. The lowest BCUT2D eigenvalue weighted by Crippen LogP contribution is -2.45. The molecular formula is C11H16N4O3. The van der Waals surface area contributed by atoms with Crippen LogP contribution >= 0.6 is 0 Å². The molecule has 2 rings (SSSR count). The standard InChI is InChI=1S/C11H16N4O3/c1-14-7-8(6-13-14)5-12-11(18)15-4-2-3-9(15)10(16)17/h6-7,9H,2-5H2,1H3,(H,12,18)(H,16,17)/t9-/m1/s1. The zero-order valence-electron chi connectivity index (χ0n) is 10.2. The highest BCUT2D eigenvalue weighted by atomic mass is 16.4. The molecule has 1 atom stereocenters. The number of urea groups is 1. The second-order valence-corrected chi connectivity index (χ2v) is 4.37. The molecule has 2 amide bonds. The van der Waals surface area contributed by atoms with Crippen LogP contribution in [0.5, 0.6) is 0 Å². The molecule has 1 aliphatic rings. The summed E-state index contributed by atoms with van der Waals surface area (Å²) in [7, 11) is 1.80. The lowest BCUT2D eigenvalue weighted by molar-refractivity contribution is -0.141. The maximum Gasteiger partial charge on any atom is 0.326 e. The number of carbonyl (C=O) groups excluding carboxylic acids is 1. The average molecular weight is 252 g/mol. The number of aromatic nitrogens is 2. The van der Waals surface area contributed by atoms with Crippen molar-refractivity contribution in [2.45, 2.75) is 25.4 Å². The van der Waals surface area contributed by atoms with Crippen molar-refractivity contribution in [2.75, 3.05) is 6.54 Å². The van der Waals surface area contributed by atoms with Crippen LogP contribution in [-0.4, -0.2) is 44.4 Å². The number of hydrogen-bond donors (Lipinski definition) is 2. The lowest BCUT2D eigenvalue weighted by atomic mass is 10.2. The number of carboxylic acid groups (broad SMARTS) is 1. The first-order valence-corrected chi connectivity index (χ1v) is 5.82. The molecule has 1 aliphatic heterocycles. The minimum atomic E-state index is -0.941. The van der Waals surface area contributed by atoms with Crippen molar-refractivity contribution in [3.63, 3.8) is 0 Å². The van der Waals surface area contributed by atoms with Crippen molar-refractivity contribution >= 4 is 12.0 Å². The number of rotatable bonds is 3. The number of nitrogens with zero attached hydrogens (tertiary/aromatic N) is 3. The van der Waals surface area contributed by atoms with Gasteiger partial charge in [0.25, 0.3) is 0 Å². The van der Waals surface area contributed by atoms with Gasteiger partial charge in [-0.25, -0.2) is 9.59 Å². The highest BCUT2D eigenvalue weighted by molar-refractivity contribution is 5.83. The van der Waals surface area contributed by atoms with Crippen molar-refractivity contribution in [3.8, 4) is 0 Å². The zero-order chi connectivity index (χ0) is 13.1. The second-order valence-electron chi connectivity index (χ2n) is 4.37. The lowest BCUT2D eigenvalue weighted by Gasteiger charge is -2.21. The van der Waals surface area contributed by atoms with E-state index in [4.69, 9.17) is 5.11 Å². The van der Waals surface area contributed by atoms with E-state index >= 15 is 0 Å². The summed E-state index contributed by atoms with van der Waals surface area (Å²) >= 11 is 0. The van der Waals surface area contributed by atoms with E-state index in [0.717, 1.165) is 12.0 Å². The molecular weight excluding hydrogens is 236 g/mol. The Hall–Kier alpha value is -2.05. The van der Waals surface area contributed by atoms with Gasteiger partial charge in [-0.05, 0) is 12.8 Å². The van der Waals surface area contributed by atoms with Crippen LogP contribution in [-0.2, 0) is 18.4 Å². The number of carboxylic acids is 1. The van der Waals surface area contributed by atoms with E-state index < -0.39 is 12.0 Å². The van der Waals surface area contributed by atoms with Crippen LogP contribution < -0.4 is 5.32 Å². The van der Waals surface area contributed by atoms with E-state index in [1.165, 1.54) is 4.90 Å². The molecule has 18 heavy (non-hydrogen) atoms. The van der Waals surface area contributed by atoms with Gasteiger partial charge in [0, 0.05) is 31.9 Å². The number of likely N-dealkylation sites (tertiary alicyclic amines) is 1. The van der Waals surface area contributed by atoms with Gasteiger partial charge in [0.2, 0.25) is 0 Å². The molecule has 1 aromatic heterocycles. The quantitative estimate of drug-likeness (QED) is 0.803. The van der Waals surface area contributed by atoms with Crippen LogP contribution in [0.4, 0.5) is 4.79 Å². The SMILES string of the molecule is Cn1cc(CNC(=O)N2CCC[C@@H]2C(=O)O)cn1. The highest BCUT2D eigenvalue weighted by Crippen LogP contribution is 2.17. The average Bonchev–Trinajstić information content (AvgIpc) is 2.94. The minimum absolute atomic E-state index is 0.330. The fourth-order valence-electron chi connectivity index (χ4n) is 2.11. The number of aliphatic carboxylic acids is 1. The van der Waals surface area contributed by atoms with Crippen LogP contribution in [0.2, 0.25) is 0 Å². The van der Waals surface area contributed by atoms with E-state index in [-0.39, 0.29) is 6.03 Å². The minimum Gasteiger partial charge on any atom is -0.480 e. The monoisotopic (exact) mass is 252 g/mol. The largest absolute Gasteiger partial charge is 0.480 e. The summed E-state index contributed by atoms with van der Waals surface area (Å²) in [5.41, 5.74) is 0.886.